The lowest BCUT2D eigenvalue weighted by Crippen LogP contribution is -2.14. The van der Waals surface area contributed by atoms with Crippen molar-refractivity contribution in [3.63, 3.8) is 0 Å². The molecule has 0 unspecified atom stereocenters. The minimum absolute atomic E-state index is 0. The number of aliphatic hydroxyl groups excluding tert-OH is 1. The predicted molar refractivity (Wildman–Crippen MR) is 57.5 cm³/mol. The van der Waals surface area contributed by atoms with Gasteiger partial charge in [0.25, 0.3) is 0 Å². The van der Waals surface area contributed by atoms with E-state index >= 15 is 0 Å². The highest BCUT2D eigenvalue weighted by Crippen LogP contribution is 2.19. The molecule has 1 aromatic carbocycles. The van der Waals surface area contributed by atoms with Gasteiger partial charge in [0.15, 0.2) is 0 Å². The van der Waals surface area contributed by atoms with Gasteiger partial charge in [0.05, 0.1) is 12.6 Å². The van der Waals surface area contributed by atoms with Crippen LogP contribution in [-0.2, 0) is 0 Å². The summed E-state index contributed by atoms with van der Waals surface area (Å²) < 4.78 is 0. The topological polar surface area (TPSA) is 46.2 Å². The van der Waals surface area contributed by atoms with Crippen LogP contribution in [0.25, 0.3) is 0 Å². The molecule has 4 heteroatoms. The first-order chi connectivity index (χ1) is 5.65. The van der Waals surface area contributed by atoms with Gasteiger partial charge in [-0.1, -0.05) is 23.7 Å². The molecule has 1 rings (SSSR count). The molecular formula is C9H13Cl2NO. The summed E-state index contributed by atoms with van der Waals surface area (Å²) in [4.78, 5) is 0. The van der Waals surface area contributed by atoms with Crippen molar-refractivity contribution >= 4 is 24.0 Å². The first-order valence-corrected chi connectivity index (χ1v) is 4.15. The Bertz CT molecular complexity index is 278. The average molecular weight is 222 g/mol. The SMILES string of the molecule is Cc1cc([C@H](N)CO)ccc1Cl.Cl. The average Bonchev–Trinajstić information content (AvgIpc) is 2.08. The Labute approximate surface area is 89.1 Å². The number of benzene rings is 1. The lowest BCUT2D eigenvalue weighted by molar-refractivity contribution is 0.268. The Kier molecular flexibility index (Phi) is 5.33. The maximum Gasteiger partial charge on any atom is 0.0624 e. The minimum Gasteiger partial charge on any atom is -0.394 e. The van der Waals surface area contributed by atoms with Gasteiger partial charge < -0.3 is 10.8 Å². The molecule has 0 aromatic heterocycles. The third-order valence-electron chi connectivity index (χ3n) is 1.81. The number of aliphatic hydroxyl groups is 1. The second-order valence-corrected chi connectivity index (χ2v) is 3.20. The van der Waals surface area contributed by atoms with Crippen LogP contribution in [0.4, 0.5) is 0 Å². The highest BCUT2D eigenvalue weighted by molar-refractivity contribution is 6.31. The normalized spacial score (nSPS) is 12.0. The van der Waals surface area contributed by atoms with Gasteiger partial charge in [-0.15, -0.1) is 12.4 Å². The Morgan fingerprint density at radius 2 is 2.15 bits per heavy atom. The van der Waals surface area contributed by atoms with Gasteiger partial charge in [0.2, 0.25) is 0 Å². The number of rotatable bonds is 2. The second-order valence-electron chi connectivity index (χ2n) is 2.80. The van der Waals surface area contributed by atoms with Crippen LogP contribution in [0.1, 0.15) is 17.2 Å². The van der Waals surface area contributed by atoms with Crippen LogP contribution in [0, 0.1) is 6.92 Å². The van der Waals surface area contributed by atoms with Crippen molar-refractivity contribution in [2.24, 2.45) is 5.73 Å². The molecule has 0 amide bonds. The zero-order chi connectivity index (χ0) is 9.14. The molecule has 0 aliphatic heterocycles. The molecule has 0 fully saturated rings. The summed E-state index contributed by atoms with van der Waals surface area (Å²) in [7, 11) is 0. The van der Waals surface area contributed by atoms with Crippen LogP contribution >= 0.6 is 24.0 Å². The molecule has 0 aliphatic rings. The summed E-state index contributed by atoms with van der Waals surface area (Å²) in [5.41, 5.74) is 7.52. The number of hydrogen-bond acceptors (Lipinski definition) is 2. The summed E-state index contributed by atoms with van der Waals surface area (Å²) >= 11 is 5.83. The first kappa shape index (κ1) is 12.7. The van der Waals surface area contributed by atoms with E-state index in [4.69, 9.17) is 22.4 Å². The van der Waals surface area contributed by atoms with Crippen molar-refractivity contribution < 1.29 is 5.11 Å². The highest BCUT2D eigenvalue weighted by Gasteiger charge is 2.04. The van der Waals surface area contributed by atoms with Crippen molar-refractivity contribution in [1.82, 2.24) is 0 Å². The zero-order valence-corrected chi connectivity index (χ0v) is 8.90. The molecule has 0 radical (unpaired) electrons. The van der Waals surface area contributed by atoms with Gasteiger partial charge in [-0.25, -0.2) is 0 Å². The summed E-state index contributed by atoms with van der Waals surface area (Å²) in [5, 5.41) is 9.52. The Morgan fingerprint density at radius 3 is 2.62 bits per heavy atom. The van der Waals surface area contributed by atoms with Crippen molar-refractivity contribution in [2.45, 2.75) is 13.0 Å². The van der Waals surface area contributed by atoms with E-state index in [9.17, 15) is 0 Å². The molecule has 0 aliphatic carbocycles. The number of hydrogen-bond donors (Lipinski definition) is 2. The summed E-state index contributed by atoms with van der Waals surface area (Å²) in [5.74, 6) is 0. The zero-order valence-electron chi connectivity index (χ0n) is 7.33. The number of halogens is 2. The number of aryl methyl sites for hydroxylation is 1. The fraction of sp³-hybridized carbons (Fsp3) is 0.333. The molecular weight excluding hydrogens is 209 g/mol. The van der Waals surface area contributed by atoms with E-state index in [1.54, 1.807) is 6.07 Å². The van der Waals surface area contributed by atoms with Gasteiger partial charge >= 0.3 is 0 Å². The van der Waals surface area contributed by atoms with E-state index in [1.807, 2.05) is 19.1 Å². The van der Waals surface area contributed by atoms with E-state index in [2.05, 4.69) is 0 Å². The molecule has 3 N–H and O–H groups in total. The van der Waals surface area contributed by atoms with Crippen LogP contribution in [0.5, 0.6) is 0 Å². The smallest absolute Gasteiger partial charge is 0.0624 e. The van der Waals surface area contributed by atoms with E-state index < -0.39 is 0 Å². The van der Waals surface area contributed by atoms with Gasteiger partial charge in [0, 0.05) is 5.02 Å². The molecule has 0 spiro atoms. The van der Waals surface area contributed by atoms with Crippen LogP contribution < -0.4 is 5.73 Å². The van der Waals surface area contributed by atoms with Crippen molar-refractivity contribution in [3.05, 3.63) is 34.3 Å². The molecule has 0 heterocycles. The molecule has 1 atom stereocenters. The fourth-order valence-corrected chi connectivity index (χ4v) is 1.12. The molecule has 0 bridgehead atoms. The van der Waals surface area contributed by atoms with E-state index in [-0.39, 0.29) is 25.1 Å². The highest BCUT2D eigenvalue weighted by atomic mass is 35.5. The Hall–Kier alpha value is -0.280. The minimum atomic E-state index is -0.305. The lowest BCUT2D eigenvalue weighted by atomic mass is 10.1. The predicted octanol–water partition coefficient (Wildman–Crippen LogP) is 2.06. The van der Waals surface area contributed by atoms with Crippen LogP contribution in [-0.4, -0.2) is 11.7 Å². The first-order valence-electron chi connectivity index (χ1n) is 3.77. The Morgan fingerprint density at radius 1 is 1.54 bits per heavy atom. The molecule has 0 saturated heterocycles. The maximum atomic E-state index is 8.79. The largest absolute Gasteiger partial charge is 0.394 e. The summed E-state index contributed by atoms with van der Waals surface area (Å²) in [6.45, 7) is 1.87. The maximum absolute atomic E-state index is 8.79. The molecule has 1 aromatic rings. The number of nitrogens with two attached hydrogens (primary N) is 1. The summed E-state index contributed by atoms with van der Waals surface area (Å²) in [6.07, 6.45) is 0. The third kappa shape index (κ3) is 3.16. The van der Waals surface area contributed by atoms with Gasteiger partial charge in [-0.05, 0) is 24.1 Å². The lowest BCUT2D eigenvalue weighted by Gasteiger charge is -2.09. The van der Waals surface area contributed by atoms with Crippen molar-refractivity contribution in [2.75, 3.05) is 6.61 Å². The van der Waals surface area contributed by atoms with Gasteiger partial charge in [0.1, 0.15) is 0 Å². The van der Waals surface area contributed by atoms with E-state index in [0.29, 0.717) is 0 Å². The quantitative estimate of drug-likeness (QED) is 0.804. The molecule has 0 saturated carbocycles. The molecule has 2 nitrogen and oxygen atoms in total. The van der Waals surface area contributed by atoms with Crippen LogP contribution in [0.15, 0.2) is 18.2 Å². The Balaban J connectivity index is 0.00000144. The standard InChI is InChI=1S/C9H12ClNO.ClH/c1-6-4-7(9(11)5-12)2-3-8(6)10;/h2-4,9,12H,5,11H2,1H3;1H/t9-;/m1./s1. The van der Waals surface area contributed by atoms with Gasteiger partial charge in [-0.3, -0.25) is 0 Å². The fourth-order valence-electron chi connectivity index (χ4n) is 1.00. The molecule has 74 valence electrons. The monoisotopic (exact) mass is 221 g/mol. The van der Waals surface area contributed by atoms with Crippen molar-refractivity contribution in [3.8, 4) is 0 Å². The molecule has 13 heavy (non-hydrogen) atoms. The van der Waals surface area contributed by atoms with Crippen LogP contribution in [0.3, 0.4) is 0 Å². The van der Waals surface area contributed by atoms with Crippen LogP contribution in [0.2, 0.25) is 5.02 Å². The van der Waals surface area contributed by atoms with E-state index in [0.717, 1.165) is 16.1 Å². The van der Waals surface area contributed by atoms with E-state index in [1.165, 1.54) is 0 Å². The summed E-state index contributed by atoms with van der Waals surface area (Å²) in [6, 6.07) is 5.21. The van der Waals surface area contributed by atoms with Crippen molar-refractivity contribution in [1.29, 1.82) is 0 Å². The second kappa shape index (κ2) is 5.45. The third-order valence-corrected chi connectivity index (χ3v) is 2.23. The van der Waals surface area contributed by atoms with Gasteiger partial charge in [-0.2, -0.15) is 0 Å².